The van der Waals surface area contributed by atoms with Crippen molar-refractivity contribution < 1.29 is 19.4 Å². The minimum atomic E-state index is -0.959. The molecule has 2 heterocycles. The van der Waals surface area contributed by atoms with E-state index in [0.717, 1.165) is 11.1 Å². The van der Waals surface area contributed by atoms with Crippen LogP contribution in [0.1, 0.15) is 18.2 Å². The van der Waals surface area contributed by atoms with Gasteiger partial charge in [0.25, 0.3) is 0 Å². The highest BCUT2D eigenvalue weighted by Gasteiger charge is 2.35. The minimum Gasteiger partial charge on any atom is -0.471 e. The van der Waals surface area contributed by atoms with Gasteiger partial charge in [-0.05, 0) is 36.0 Å². The summed E-state index contributed by atoms with van der Waals surface area (Å²) in [5, 5.41) is 32.2. The van der Waals surface area contributed by atoms with Gasteiger partial charge in [-0.2, -0.15) is 9.78 Å². The number of carbonyl (C=O) groups is 1. The predicted octanol–water partition coefficient (Wildman–Crippen LogP) is 2.44. The second-order valence-corrected chi connectivity index (χ2v) is 6.52. The molecule has 0 atom stereocenters. The van der Waals surface area contributed by atoms with Crippen LogP contribution in [-0.4, -0.2) is 35.3 Å². The highest BCUT2D eigenvalue weighted by Crippen LogP contribution is 2.29. The Morgan fingerprint density at radius 1 is 1.19 bits per heavy atom. The number of amides is 1. The van der Waals surface area contributed by atoms with Crippen LogP contribution in [0.15, 0.2) is 36.7 Å². The molecule has 3 aromatic rings. The van der Waals surface area contributed by atoms with E-state index in [9.17, 15) is 25.0 Å². The molecule has 0 radical (unpaired) electrons. The van der Waals surface area contributed by atoms with Crippen molar-refractivity contribution >= 4 is 23.1 Å². The van der Waals surface area contributed by atoms with E-state index < -0.39 is 33.8 Å². The van der Waals surface area contributed by atoms with E-state index in [1.807, 2.05) is 24.3 Å². The summed E-state index contributed by atoms with van der Waals surface area (Å²) in [4.78, 5) is 32.4. The molecule has 1 aromatic carbocycles. The number of anilines is 1. The second-order valence-electron chi connectivity index (χ2n) is 6.52. The fraction of sp³-hybridized carbons (Fsp3) is 0.278. The topological polar surface area (TPSA) is 160 Å². The van der Waals surface area contributed by atoms with E-state index in [1.165, 1.54) is 23.4 Å². The van der Waals surface area contributed by atoms with Crippen molar-refractivity contribution in [3.05, 3.63) is 68.1 Å². The maximum atomic E-state index is 12.3. The summed E-state index contributed by atoms with van der Waals surface area (Å²) in [6, 6.07) is 7.65. The summed E-state index contributed by atoms with van der Waals surface area (Å²) in [7, 11) is 0. The Bertz CT molecular complexity index is 1120. The van der Waals surface area contributed by atoms with Gasteiger partial charge in [0.15, 0.2) is 6.73 Å². The van der Waals surface area contributed by atoms with Gasteiger partial charge in [0.1, 0.15) is 18.0 Å². The van der Waals surface area contributed by atoms with E-state index in [2.05, 4.69) is 22.4 Å². The summed E-state index contributed by atoms with van der Waals surface area (Å²) in [5.41, 5.74) is 0.725. The first-order valence-electron chi connectivity index (χ1n) is 9.18. The summed E-state index contributed by atoms with van der Waals surface area (Å²) >= 11 is 0. The lowest BCUT2D eigenvalue weighted by atomic mass is 10.2. The largest absolute Gasteiger partial charge is 0.471 e. The number of hydrogen-bond donors (Lipinski definition) is 1. The molecule has 1 amide bonds. The van der Waals surface area contributed by atoms with Gasteiger partial charge >= 0.3 is 11.5 Å². The first-order valence-corrected chi connectivity index (χ1v) is 9.18. The van der Waals surface area contributed by atoms with Crippen LogP contribution < -0.4 is 10.1 Å². The van der Waals surface area contributed by atoms with E-state index in [4.69, 9.17) is 4.74 Å². The number of aryl methyl sites for hydroxylation is 1. The average molecular weight is 429 g/mol. The monoisotopic (exact) mass is 429 g/mol. The molecule has 0 bridgehead atoms. The third kappa shape index (κ3) is 5.01. The van der Waals surface area contributed by atoms with Crippen molar-refractivity contribution in [2.24, 2.45) is 0 Å². The van der Waals surface area contributed by atoms with Crippen molar-refractivity contribution in [1.29, 1.82) is 0 Å². The molecular formula is C18H19N7O6. The number of benzene rings is 1. The smallest absolute Gasteiger partial charge is 0.468 e. The molecule has 162 valence electrons. The first kappa shape index (κ1) is 21.4. The molecule has 0 saturated carbocycles. The molecule has 13 heteroatoms. The van der Waals surface area contributed by atoms with Gasteiger partial charge in [-0.25, -0.2) is 4.68 Å². The van der Waals surface area contributed by atoms with Crippen molar-refractivity contribution in [3.8, 4) is 5.75 Å². The Hall–Kier alpha value is -4.29. The molecular weight excluding hydrogens is 410 g/mol. The van der Waals surface area contributed by atoms with Gasteiger partial charge < -0.3 is 20.2 Å². The lowest BCUT2D eigenvalue weighted by Gasteiger charge is -2.06. The Labute approximate surface area is 175 Å². The van der Waals surface area contributed by atoms with E-state index in [1.54, 1.807) is 6.20 Å². The summed E-state index contributed by atoms with van der Waals surface area (Å²) in [5.74, 6) is -0.811. The number of nitrogens with one attached hydrogen (secondary N) is 1. The molecule has 0 unspecified atom stereocenters. The van der Waals surface area contributed by atoms with Crippen LogP contribution >= 0.6 is 0 Å². The lowest BCUT2D eigenvalue weighted by molar-refractivity contribution is -0.424. The third-order valence-corrected chi connectivity index (χ3v) is 4.42. The molecule has 0 spiro atoms. The molecule has 31 heavy (non-hydrogen) atoms. The summed E-state index contributed by atoms with van der Waals surface area (Å²) in [6.07, 6.45) is 3.88. The molecule has 3 rings (SSSR count). The van der Waals surface area contributed by atoms with Crippen molar-refractivity contribution in [2.45, 2.75) is 33.5 Å². The van der Waals surface area contributed by atoms with Crippen LogP contribution in [0.2, 0.25) is 0 Å². The van der Waals surface area contributed by atoms with Crippen LogP contribution in [0.5, 0.6) is 5.75 Å². The number of nitro groups is 2. The number of nitrogens with zero attached hydrogens (tertiary/aromatic N) is 6. The van der Waals surface area contributed by atoms with Crippen LogP contribution in [0, 0.1) is 27.2 Å². The molecule has 0 fully saturated rings. The fourth-order valence-electron chi connectivity index (χ4n) is 2.81. The highest BCUT2D eigenvalue weighted by molar-refractivity contribution is 5.90. The Balaban J connectivity index is 1.60. The Morgan fingerprint density at radius 3 is 2.48 bits per heavy atom. The van der Waals surface area contributed by atoms with Crippen LogP contribution in [-0.2, 0) is 24.5 Å². The van der Waals surface area contributed by atoms with Crippen molar-refractivity contribution in [2.75, 3.05) is 5.32 Å². The fourth-order valence-corrected chi connectivity index (χ4v) is 2.81. The Morgan fingerprint density at radius 2 is 1.90 bits per heavy atom. The van der Waals surface area contributed by atoms with Gasteiger partial charge in [-0.15, -0.1) is 0 Å². The van der Waals surface area contributed by atoms with E-state index in [-0.39, 0.29) is 12.4 Å². The zero-order chi connectivity index (χ0) is 22.5. The minimum absolute atomic E-state index is 0.0926. The van der Waals surface area contributed by atoms with E-state index in [0.29, 0.717) is 11.4 Å². The number of hydrogen-bond acceptors (Lipinski definition) is 8. The highest BCUT2D eigenvalue weighted by atomic mass is 16.6. The first-order chi connectivity index (χ1) is 14.8. The average Bonchev–Trinajstić information content (AvgIpc) is 3.31. The quantitative estimate of drug-likeness (QED) is 0.401. The van der Waals surface area contributed by atoms with Crippen molar-refractivity contribution in [3.63, 3.8) is 0 Å². The number of aromatic nitrogens is 4. The van der Waals surface area contributed by atoms with Gasteiger partial charge in [0, 0.05) is 0 Å². The molecule has 0 aliphatic carbocycles. The maximum Gasteiger partial charge on any atom is 0.468 e. The Kier molecular flexibility index (Phi) is 6.23. The predicted molar refractivity (Wildman–Crippen MR) is 108 cm³/mol. The zero-order valence-electron chi connectivity index (χ0n) is 16.7. The molecule has 2 aromatic heterocycles. The van der Waals surface area contributed by atoms with Crippen LogP contribution in [0.3, 0.4) is 0 Å². The molecule has 0 saturated heterocycles. The normalized spacial score (nSPS) is 10.6. The van der Waals surface area contributed by atoms with Gasteiger partial charge in [0.2, 0.25) is 5.91 Å². The maximum absolute atomic E-state index is 12.3. The van der Waals surface area contributed by atoms with Crippen molar-refractivity contribution in [1.82, 2.24) is 19.6 Å². The lowest BCUT2D eigenvalue weighted by Crippen LogP contribution is -2.20. The summed E-state index contributed by atoms with van der Waals surface area (Å²) in [6.45, 7) is 3.03. The number of ether oxygens (including phenoxy) is 1. The van der Waals surface area contributed by atoms with Crippen LogP contribution in [0.25, 0.3) is 0 Å². The standard InChI is InChI=1S/C18H19N7O6/c1-3-13-4-6-15(7-5-13)31-11-22-9-14(8-19-22)20-16(26)10-23-12(2)17(24(27)28)18(21-23)25(29)30/h4-9H,3,10-11H2,1-2H3,(H,20,26). The van der Waals surface area contributed by atoms with E-state index >= 15 is 0 Å². The molecule has 13 nitrogen and oxygen atoms in total. The third-order valence-electron chi connectivity index (χ3n) is 4.42. The van der Waals surface area contributed by atoms with Gasteiger partial charge in [-0.3, -0.25) is 14.9 Å². The van der Waals surface area contributed by atoms with Gasteiger partial charge in [-0.1, -0.05) is 19.1 Å². The summed E-state index contributed by atoms with van der Waals surface area (Å²) < 4.78 is 8.01. The zero-order valence-corrected chi connectivity index (χ0v) is 16.7. The van der Waals surface area contributed by atoms with Crippen LogP contribution in [0.4, 0.5) is 17.2 Å². The molecule has 0 aliphatic heterocycles. The molecule has 1 N–H and O–H groups in total. The van der Waals surface area contributed by atoms with Gasteiger partial charge in [0.05, 0.1) is 28.1 Å². The number of rotatable bonds is 9. The number of carbonyl (C=O) groups excluding carboxylic acids is 1. The molecule has 0 aliphatic rings. The SMILES string of the molecule is CCc1ccc(OCn2cc(NC(=O)Cn3nc([N+](=O)[O-])c([N+](=O)[O-])c3C)cn2)cc1. The second kappa shape index (κ2) is 9.02.